The van der Waals surface area contributed by atoms with Gasteiger partial charge in [0.25, 0.3) is 17.4 Å². The molecule has 1 aliphatic rings. The van der Waals surface area contributed by atoms with Crippen molar-refractivity contribution < 1.29 is 14.5 Å². The highest BCUT2D eigenvalue weighted by Gasteiger charge is 2.34. The molecular weight excluding hydrogens is 214 g/mol. The number of carbonyl (C=O) groups excluding carboxylic acids is 2. The third-order valence-electron chi connectivity index (χ3n) is 2.31. The zero-order valence-corrected chi connectivity index (χ0v) is 8.23. The Morgan fingerprint density at radius 1 is 1.38 bits per heavy atom. The number of rotatable bonds is 2. The first kappa shape index (κ1) is 10.1. The molecule has 82 valence electrons. The second-order valence-corrected chi connectivity index (χ2v) is 3.17. The number of anilines is 2. The van der Waals surface area contributed by atoms with Crippen LogP contribution in [-0.2, 0) is 4.79 Å². The van der Waals surface area contributed by atoms with Gasteiger partial charge in [-0.15, -0.1) is 0 Å². The van der Waals surface area contributed by atoms with Gasteiger partial charge in [0.2, 0.25) is 0 Å². The summed E-state index contributed by atoms with van der Waals surface area (Å²) in [7, 11) is 1.46. The van der Waals surface area contributed by atoms with E-state index in [0.717, 1.165) is 0 Å². The summed E-state index contributed by atoms with van der Waals surface area (Å²) in [6, 6.07) is 2.58. The van der Waals surface area contributed by atoms with E-state index in [1.54, 1.807) is 0 Å². The second-order valence-electron chi connectivity index (χ2n) is 3.17. The molecule has 16 heavy (non-hydrogen) atoms. The summed E-state index contributed by atoms with van der Waals surface area (Å²) in [6.45, 7) is 0. The normalized spacial score (nSPS) is 13.3. The maximum atomic E-state index is 11.5. The number of nitrogens with zero attached hydrogens (tertiary/aromatic N) is 1. The number of nitrogens with one attached hydrogen (secondary N) is 2. The zero-order chi connectivity index (χ0) is 11.9. The van der Waals surface area contributed by atoms with E-state index in [9.17, 15) is 19.7 Å². The van der Waals surface area contributed by atoms with Crippen molar-refractivity contribution in [3.8, 4) is 0 Å². The molecule has 1 amide bonds. The van der Waals surface area contributed by atoms with Gasteiger partial charge in [0, 0.05) is 13.1 Å². The number of benzene rings is 1. The first-order chi connectivity index (χ1) is 7.56. The Balaban J connectivity index is 2.72. The number of hydrogen-bond donors (Lipinski definition) is 2. The van der Waals surface area contributed by atoms with Gasteiger partial charge in [-0.1, -0.05) is 0 Å². The highest BCUT2D eigenvalue weighted by molar-refractivity contribution is 6.53. The van der Waals surface area contributed by atoms with Crippen LogP contribution in [0.5, 0.6) is 0 Å². The predicted molar refractivity (Wildman–Crippen MR) is 55.6 cm³/mol. The van der Waals surface area contributed by atoms with Gasteiger partial charge in [-0.25, -0.2) is 0 Å². The standard InChI is InChI=1S/C9H7N3O4/c1-10-7-5(12(15)16)3-2-4-6(7)8(13)9(14)11-4/h2-3,10H,1H3,(H,11,13,14). The van der Waals surface area contributed by atoms with Crippen LogP contribution in [0.2, 0.25) is 0 Å². The van der Waals surface area contributed by atoms with Crippen LogP contribution in [0.3, 0.4) is 0 Å². The lowest BCUT2D eigenvalue weighted by Crippen LogP contribution is -2.13. The van der Waals surface area contributed by atoms with Gasteiger partial charge in [-0.2, -0.15) is 0 Å². The quantitative estimate of drug-likeness (QED) is 0.436. The van der Waals surface area contributed by atoms with Crippen molar-refractivity contribution in [2.45, 2.75) is 0 Å². The maximum absolute atomic E-state index is 11.5. The van der Waals surface area contributed by atoms with Crippen LogP contribution >= 0.6 is 0 Å². The number of fused-ring (bicyclic) bond motifs is 1. The zero-order valence-electron chi connectivity index (χ0n) is 8.23. The summed E-state index contributed by atoms with van der Waals surface area (Å²) in [5, 5.41) is 15.6. The highest BCUT2D eigenvalue weighted by atomic mass is 16.6. The summed E-state index contributed by atoms with van der Waals surface area (Å²) in [6.07, 6.45) is 0. The van der Waals surface area contributed by atoms with Gasteiger partial charge in [0.15, 0.2) is 0 Å². The molecule has 0 radical (unpaired) electrons. The van der Waals surface area contributed by atoms with Crippen molar-refractivity contribution in [1.82, 2.24) is 0 Å². The first-order valence-corrected chi connectivity index (χ1v) is 4.41. The molecule has 1 aromatic carbocycles. The van der Waals surface area contributed by atoms with Gasteiger partial charge < -0.3 is 10.6 Å². The minimum atomic E-state index is -0.771. The van der Waals surface area contributed by atoms with Crippen LogP contribution in [0.4, 0.5) is 17.1 Å². The molecule has 2 rings (SSSR count). The van der Waals surface area contributed by atoms with Crippen LogP contribution in [0.15, 0.2) is 12.1 Å². The Morgan fingerprint density at radius 3 is 2.62 bits per heavy atom. The molecule has 2 N–H and O–H groups in total. The number of carbonyl (C=O) groups is 2. The molecule has 0 aliphatic carbocycles. The summed E-state index contributed by atoms with van der Waals surface area (Å²) >= 11 is 0. The molecule has 1 aromatic rings. The third kappa shape index (κ3) is 1.22. The molecule has 0 saturated heterocycles. The van der Waals surface area contributed by atoms with Gasteiger partial charge in [0.05, 0.1) is 16.2 Å². The molecule has 0 saturated carbocycles. The Kier molecular flexibility index (Phi) is 2.08. The second kappa shape index (κ2) is 3.30. The lowest BCUT2D eigenvalue weighted by molar-refractivity contribution is -0.383. The van der Waals surface area contributed by atoms with E-state index in [1.807, 2.05) is 0 Å². The highest BCUT2D eigenvalue weighted by Crippen LogP contribution is 2.36. The third-order valence-corrected chi connectivity index (χ3v) is 2.31. The van der Waals surface area contributed by atoms with E-state index in [-0.39, 0.29) is 16.9 Å². The van der Waals surface area contributed by atoms with Crippen LogP contribution in [0.1, 0.15) is 10.4 Å². The monoisotopic (exact) mass is 221 g/mol. The molecule has 0 unspecified atom stereocenters. The van der Waals surface area contributed by atoms with Gasteiger partial charge in [0.1, 0.15) is 5.69 Å². The van der Waals surface area contributed by atoms with E-state index in [0.29, 0.717) is 5.69 Å². The van der Waals surface area contributed by atoms with E-state index in [4.69, 9.17) is 0 Å². The number of hydrogen-bond acceptors (Lipinski definition) is 5. The van der Waals surface area contributed by atoms with Crippen LogP contribution < -0.4 is 10.6 Å². The fraction of sp³-hybridized carbons (Fsp3) is 0.111. The fourth-order valence-electron chi connectivity index (χ4n) is 1.63. The number of nitro benzene ring substituents is 1. The van der Waals surface area contributed by atoms with Gasteiger partial charge in [-0.05, 0) is 6.07 Å². The number of Topliss-reactive ketones (excluding diaryl/α,β-unsaturated/α-hetero) is 1. The summed E-state index contributed by atoms with van der Waals surface area (Å²) < 4.78 is 0. The van der Waals surface area contributed by atoms with E-state index < -0.39 is 16.6 Å². The first-order valence-electron chi connectivity index (χ1n) is 4.41. The SMILES string of the molecule is CNc1c([N+](=O)[O-])ccc2c1C(=O)C(=O)N2. The minimum Gasteiger partial charge on any atom is -0.382 e. The van der Waals surface area contributed by atoms with Gasteiger partial charge in [-0.3, -0.25) is 19.7 Å². The molecule has 0 bridgehead atoms. The van der Waals surface area contributed by atoms with Crippen molar-refractivity contribution in [2.75, 3.05) is 17.7 Å². The van der Waals surface area contributed by atoms with E-state index in [1.165, 1.54) is 19.2 Å². The molecule has 7 nitrogen and oxygen atoms in total. The summed E-state index contributed by atoms with van der Waals surface area (Å²) in [5.74, 6) is -1.53. The van der Waals surface area contributed by atoms with Crippen LogP contribution in [0, 0.1) is 10.1 Å². The van der Waals surface area contributed by atoms with Crippen molar-refractivity contribution in [3.05, 3.63) is 27.8 Å². The smallest absolute Gasteiger partial charge is 0.296 e. The van der Waals surface area contributed by atoms with Crippen LogP contribution in [-0.4, -0.2) is 23.7 Å². The number of ketones is 1. The summed E-state index contributed by atoms with van der Waals surface area (Å²) in [5.41, 5.74) is 0.156. The predicted octanol–water partition coefficient (Wildman–Crippen LogP) is 0.771. The summed E-state index contributed by atoms with van der Waals surface area (Å²) in [4.78, 5) is 32.7. The molecule has 0 atom stereocenters. The van der Waals surface area contributed by atoms with E-state index in [2.05, 4.69) is 10.6 Å². The molecule has 0 fully saturated rings. The Labute approximate surface area is 89.6 Å². The molecular formula is C9H7N3O4. The molecule has 0 aromatic heterocycles. The average molecular weight is 221 g/mol. The lowest BCUT2D eigenvalue weighted by atomic mass is 10.1. The largest absolute Gasteiger partial charge is 0.382 e. The Morgan fingerprint density at radius 2 is 2.06 bits per heavy atom. The minimum absolute atomic E-state index is 0.0294. The van der Waals surface area contributed by atoms with E-state index >= 15 is 0 Å². The van der Waals surface area contributed by atoms with Crippen LogP contribution in [0.25, 0.3) is 0 Å². The molecule has 1 aliphatic heterocycles. The Bertz CT molecular complexity index is 524. The topological polar surface area (TPSA) is 101 Å². The average Bonchev–Trinajstić information content (AvgIpc) is 2.53. The lowest BCUT2D eigenvalue weighted by Gasteiger charge is -2.05. The molecule has 1 heterocycles. The van der Waals surface area contributed by atoms with Crippen molar-refractivity contribution in [2.24, 2.45) is 0 Å². The van der Waals surface area contributed by atoms with Crippen molar-refractivity contribution in [3.63, 3.8) is 0 Å². The van der Waals surface area contributed by atoms with Crippen molar-refractivity contribution >= 4 is 28.8 Å². The number of amides is 1. The van der Waals surface area contributed by atoms with Crippen molar-refractivity contribution in [1.29, 1.82) is 0 Å². The van der Waals surface area contributed by atoms with Gasteiger partial charge >= 0.3 is 0 Å². The molecule has 0 spiro atoms. The molecule has 7 heteroatoms. The number of nitro groups is 1. The maximum Gasteiger partial charge on any atom is 0.296 e. The fourth-order valence-corrected chi connectivity index (χ4v) is 1.63. The Hall–Kier alpha value is -2.44.